The number of hydrogen-bond donors (Lipinski definition) is 1. The third-order valence-electron chi connectivity index (χ3n) is 6.36. The molecule has 1 aliphatic heterocycles. The Morgan fingerprint density at radius 2 is 1.70 bits per heavy atom. The van der Waals surface area contributed by atoms with Crippen LogP contribution in [0.2, 0.25) is 0 Å². The van der Waals surface area contributed by atoms with Gasteiger partial charge >= 0.3 is 0 Å². The number of aromatic nitrogens is 1. The van der Waals surface area contributed by atoms with E-state index in [-0.39, 0.29) is 17.6 Å². The van der Waals surface area contributed by atoms with Crippen molar-refractivity contribution >= 4 is 74.2 Å². The van der Waals surface area contributed by atoms with Gasteiger partial charge in [-0.15, -0.1) is 0 Å². The maximum atomic E-state index is 14.0. The number of aryl methyl sites for hydroxylation is 1. The lowest BCUT2D eigenvalue weighted by Crippen LogP contribution is -2.40. The molecule has 1 aromatic heterocycles. The number of amides is 1. The Bertz CT molecular complexity index is 1780. The molecule has 0 bridgehead atoms. The van der Waals surface area contributed by atoms with Crippen molar-refractivity contribution in [3.63, 3.8) is 0 Å². The average Bonchev–Trinajstić information content (AvgIpc) is 3.20. The quantitative estimate of drug-likeness (QED) is 0.238. The number of anilines is 1. The highest BCUT2D eigenvalue weighted by Gasteiger charge is 2.32. The van der Waals surface area contributed by atoms with E-state index >= 15 is 0 Å². The van der Waals surface area contributed by atoms with Gasteiger partial charge in [-0.05, 0) is 114 Å². The second kappa shape index (κ2) is 12.0. The van der Waals surface area contributed by atoms with Gasteiger partial charge < -0.3 is 10.1 Å². The lowest BCUT2D eigenvalue weighted by molar-refractivity contribution is -0.113. The first-order chi connectivity index (χ1) is 19.1. The van der Waals surface area contributed by atoms with Crippen LogP contribution in [0.25, 0.3) is 6.08 Å². The van der Waals surface area contributed by atoms with Crippen LogP contribution in [0, 0.1) is 14.1 Å². The second-order valence-corrected chi connectivity index (χ2v) is 13.1. The molecule has 1 aliphatic rings. The van der Waals surface area contributed by atoms with Crippen LogP contribution >= 0.6 is 56.5 Å². The number of hydrogen-bond acceptors (Lipinski definition) is 5. The van der Waals surface area contributed by atoms with E-state index < -0.39 is 6.04 Å². The molecule has 2 heterocycles. The van der Waals surface area contributed by atoms with Crippen LogP contribution in [0.3, 0.4) is 0 Å². The maximum absolute atomic E-state index is 14.0. The van der Waals surface area contributed by atoms with Crippen LogP contribution in [0.4, 0.5) is 5.69 Å². The average molecular weight is 775 g/mol. The number of rotatable bonds is 6. The molecule has 1 N–H and O–H groups in total. The van der Waals surface area contributed by atoms with Gasteiger partial charge in [0.25, 0.3) is 11.5 Å². The SMILES string of the molecule is CC1=C(C(=O)Nc2ccccc2)[C@@H](c2ccc(C)cc2)n2c(s/c(=C\c3cc(I)c(OC(C)C)c(I)c3)c2=O)=N1. The summed E-state index contributed by atoms with van der Waals surface area (Å²) in [7, 11) is 0. The van der Waals surface area contributed by atoms with Gasteiger partial charge in [0.15, 0.2) is 4.80 Å². The monoisotopic (exact) mass is 775 g/mol. The van der Waals surface area contributed by atoms with Crippen molar-refractivity contribution < 1.29 is 9.53 Å². The fraction of sp³-hybridized carbons (Fsp3) is 0.194. The van der Waals surface area contributed by atoms with Gasteiger partial charge in [0, 0.05) is 5.69 Å². The van der Waals surface area contributed by atoms with Gasteiger partial charge in [0.1, 0.15) is 5.75 Å². The summed E-state index contributed by atoms with van der Waals surface area (Å²) in [5.74, 6) is 0.566. The highest BCUT2D eigenvalue weighted by atomic mass is 127. The molecule has 1 atom stereocenters. The molecule has 0 saturated carbocycles. The highest BCUT2D eigenvalue weighted by Crippen LogP contribution is 2.32. The number of allylic oxidation sites excluding steroid dienone is 1. The van der Waals surface area contributed by atoms with E-state index in [9.17, 15) is 9.59 Å². The summed E-state index contributed by atoms with van der Waals surface area (Å²) in [5.41, 5.74) is 4.39. The van der Waals surface area contributed by atoms with E-state index in [1.165, 1.54) is 11.3 Å². The summed E-state index contributed by atoms with van der Waals surface area (Å²) >= 11 is 5.87. The standard InChI is InChI=1S/C31H27I2N3O3S/c1-17(2)39-28-23(32)14-20(15-24(28)33)16-25-30(38)36-27(21-12-10-18(3)11-13-21)26(19(4)34-31(36)40-25)29(37)35-22-8-6-5-7-9-22/h5-17,27H,1-4H3,(H,35,37)/b25-16-/t27-/m1/s1. The molecular weight excluding hydrogens is 748 g/mol. The van der Waals surface area contributed by atoms with Crippen LogP contribution < -0.4 is 24.9 Å². The first-order valence-electron chi connectivity index (χ1n) is 12.7. The Hall–Kier alpha value is -2.77. The lowest BCUT2D eigenvalue weighted by atomic mass is 9.94. The number of ether oxygens (including phenoxy) is 1. The van der Waals surface area contributed by atoms with Crippen LogP contribution in [0.15, 0.2) is 87.8 Å². The Morgan fingerprint density at radius 1 is 1.05 bits per heavy atom. The topological polar surface area (TPSA) is 72.7 Å². The molecule has 0 unspecified atom stereocenters. The molecule has 204 valence electrons. The summed E-state index contributed by atoms with van der Waals surface area (Å²) < 4.78 is 10.1. The number of nitrogens with zero attached hydrogens (tertiary/aromatic N) is 2. The van der Waals surface area contributed by atoms with E-state index in [1.807, 2.05) is 101 Å². The molecule has 0 radical (unpaired) electrons. The number of benzene rings is 3. The largest absolute Gasteiger partial charge is 0.489 e. The molecule has 0 saturated heterocycles. The van der Waals surface area contributed by atoms with Crippen molar-refractivity contribution in [1.29, 1.82) is 0 Å². The second-order valence-electron chi connectivity index (χ2n) is 9.79. The molecule has 9 heteroatoms. The zero-order chi connectivity index (χ0) is 28.6. The summed E-state index contributed by atoms with van der Waals surface area (Å²) in [5, 5.41) is 2.99. The third-order valence-corrected chi connectivity index (χ3v) is 8.95. The van der Waals surface area contributed by atoms with Crippen LogP contribution in [0.1, 0.15) is 43.5 Å². The van der Waals surface area contributed by atoms with Gasteiger partial charge in [-0.3, -0.25) is 14.2 Å². The van der Waals surface area contributed by atoms with E-state index in [0.29, 0.717) is 26.3 Å². The van der Waals surface area contributed by atoms with Crippen molar-refractivity contribution in [3.8, 4) is 5.75 Å². The predicted molar refractivity (Wildman–Crippen MR) is 178 cm³/mol. The lowest BCUT2D eigenvalue weighted by Gasteiger charge is -2.25. The molecule has 5 rings (SSSR count). The first kappa shape index (κ1) is 28.7. The number of carbonyl (C=O) groups is 1. The van der Waals surface area contributed by atoms with Crippen molar-refractivity contribution in [2.45, 2.75) is 39.8 Å². The Morgan fingerprint density at radius 3 is 2.33 bits per heavy atom. The minimum Gasteiger partial charge on any atom is -0.489 e. The zero-order valence-corrected chi connectivity index (χ0v) is 27.5. The number of para-hydroxylation sites is 1. The summed E-state index contributed by atoms with van der Waals surface area (Å²) in [6, 6.07) is 20.7. The molecule has 0 fully saturated rings. The van der Waals surface area contributed by atoms with E-state index in [2.05, 4.69) is 50.5 Å². The molecule has 6 nitrogen and oxygen atoms in total. The summed E-state index contributed by atoms with van der Waals surface area (Å²) in [6.45, 7) is 7.85. The fourth-order valence-corrected chi connectivity index (χ4v) is 7.68. The Kier molecular flexibility index (Phi) is 8.62. The molecule has 1 amide bonds. The number of fused-ring (bicyclic) bond motifs is 1. The molecule has 4 aromatic rings. The van der Waals surface area contributed by atoms with Crippen molar-refractivity contribution in [2.75, 3.05) is 5.32 Å². The van der Waals surface area contributed by atoms with Crippen molar-refractivity contribution in [2.24, 2.45) is 4.99 Å². The van der Waals surface area contributed by atoms with Crippen LogP contribution in [0.5, 0.6) is 5.75 Å². The first-order valence-corrected chi connectivity index (χ1v) is 15.7. The minimum absolute atomic E-state index is 0.0647. The molecule has 0 spiro atoms. The van der Waals surface area contributed by atoms with Gasteiger partial charge in [-0.25, -0.2) is 4.99 Å². The molecular formula is C31H27I2N3O3S. The van der Waals surface area contributed by atoms with E-state index in [0.717, 1.165) is 29.6 Å². The van der Waals surface area contributed by atoms with Gasteiger partial charge in [-0.2, -0.15) is 0 Å². The van der Waals surface area contributed by atoms with E-state index in [1.54, 1.807) is 4.57 Å². The highest BCUT2D eigenvalue weighted by molar-refractivity contribution is 14.1. The number of thiazole rings is 1. The molecule has 3 aromatic carbocycles. The minimum atomic E-state index is -0.607. The third kappa shape index (κ3) is 5.96. The summed E-state index contributed by atoms with van der Waals surface area (Å²) in [4.78, 5) is 33.0. The number of carbonyl (C=O) groups excluding carboxylic acids is 1. The van der Waals surface area contributed by atoms with Gasteiger partial charge in [-0.1, -0.05) is 59.4 Å². The maximum Gasteiger partial charge on any atom is 0.271 e. The number of nitrogens with one attached hydrogen (secondary N) is 1. The van der Waals surface area contributed by atoms with Crippen LogP contribution in [-0.2, 0) is 4.79 Å². The van der Waals surface area contributed by atoms with Crippen LogP contribution in [-0.4, -0.2) is 16.6 Å². The normalized spacial score (nSPS) is 15.2. The molecule has 0 aliphatic carbocycles. The smallest absolute Gasteiger partial charge is 0.271 e. The fourth-order valence-electron chi connectivity index (χ4n) is 4.56. The summed E-state index contributed by atoms with van der Waals surface area (Å²) in [6.07, 6.45) is 1.96. The van der Waals surface area contributed by atoms with Gasteiger partial charge in [0.2, 0.25) is 0 Å². The Labute approximate surface area is 263 Å². The Balaban J connectivity index is 1.64. The molecule has 40 heavy (non-hydrogen) atoms. The predicted octanol–water partition coefficient (Wildman–Crippen LogP) is 6.18. The van der Waals surface area contributed by atoms with Crippen molar-refractivity contribution in [1.82, 2.24) is 4.57 Å². The zero-order valence-electron chi connectivity index (χ0n) is 22.4. The van der Waals surface area contributed by atoms with E-state index in [4.69, 9.17) is 9.73 Å². The van der Waals surface area contributed by atoms with Crippen molar-refractivity contribution in [3.05, 3.63) is 122 Å². The number of halogens is 2. The van der Waals surface area contributed by atoms with Gasteiger partial charge in [0.05, 0.1) is 35.1 Å².